The van der Waals surface area contributed by atoms with E-state index in [1.54, 1.807) is 25.3 Å². The molecule has 0 aromatic carbocycles. The largest absolute Gasteiger partial charge is 0.347 e. The Kier molecular flexibility index (Phi) is 3.56. The molecular weight excluding hydrogens is 254 g/mol. The van der Waals surface area contributed by atoms with Crippen LogP contribution in [0.5, 0.6) is 0 Å². The molecule has 1 unspecified atom stereocenters. The van der Waals surface area contributed by atoms with Crippen molar-refractivity contribution < 1.29 is 4.79 Å². The molecule has 108 valence electrons. The molecule has 0 radical (unpaired) electrons. The van der Waals surface area contributed by atoms with Crippen LogP contribution in [0, 0.1) is 0 Å². The number of anilines is 1. The van der Waals surface area contributed by atoms with Gasteiger partial charge in [0, 0.05) is 45.0 Å². The molecule has 20 heavy (non-hydrogen) atoms. The zero-order chi connectivity index (χ0) is 14.1. The van der Waals surface area contributed by atoms with Crippen molar-refractivity contribution >= 4 is 11.7 Å². The van der Waals surface area contributed by atoms with E-state index in [1.807, 2.05) is 0 Å². The van der Waals surface area contributed by atoms with Crippen LogP contribution in [0.3, 0.4) is 0 Å². The number of fused-ring (bicyclic) bond motifs is 1. The molecule has 3 rings (SSSR count). The summed E-state index contributed by atoms with van der Waals surface area (Å²) in [5, 5.41) is 3.31. The SMILES string of the molecule is CN(C)C(=O)C1CNCCN1c1ncnc2c1CCC2. The summed E-state index contributed by atoms with van der Waals surface area (Å²) in [6, 6.07) is -0.168. The van der Waals surface area contributed by atoms with Gasteiger partial charge in [-0.15, -0.1) is 0 Å². The molecule has 1 amide bonds. The number of aryl methyl sites for hydroxylation is 1. The van der Waals surface area contributed by atoms with Crippen LogP contribution >= 0.6 is 0 Å². The molecule has 0 bridgehead atoms. The molecule has 1 fully saturated rings. The lowest BCUT2D eigenvalue weighted by atomic mass is 10.1. The fourth-order valence-corrected chi connectivity index (χ4v) is 3.07. The molecule has 2 heterocycles. The fourth-order valence-electron chi connectivity index (χ4n) is 3.07. The molecule has 0 spiro atoms. The zero-order valence-corrected chi connectivity index (χ0v) is 12.1. The van der Waals surface area contributed by atoms with Gasteiger partial charge in [-0.1, -0.05) is 0 Å². The van der Waals surface area contributed by atoms with Gasteiger partial charge in [0.25, 0.3) is 0 Å². The topological polar surface area (TPSA) is 61.4 Å². The van der Waals surface area contributed by atoms with Crippen molar-refractivity contribution in [2.75, 3.05) is 38.6 Å². The van der Waals surface area contributed by atoms with E-state index in [1.165, 1.54) is 5.56 Å². The second-order valence-corrected chi connectivity index (χ2v) is 5.62. The zero-order valence-electron chi connectivity index (χ0n) is 12.1. The minimum absolute atomic E-state index is 0.127. The molecule has 1 aliphatic heterocycles. The number of amides is 1. The average molecular weight is 275 g/mol. The number of carbonyl (C=O) groups excluding carboxylic acids is 1. The van der Waals surface area contributed by atoms with Gasteiger partial charge in [0.1, 0.15) is 18.2 Å². The summed E-state index contributed by atoms with van der Waals surface area (Å²) < 4.78 is 0. The highest BCUT2D eigenvalue weighted by molar-refractivity contribution is 5.85. The summed E-state index contributed by atoms with van der Waals surface area (Å²) >= 11 is 0. The van der Waals surface area contributed by atoms with Crippen LogP contribution in [0.2, 0.25) is 0 Å². The molecule has 1 aromatic rings. The Morgan fingerprint density at radius 2 is 2.25 bits per heavy atom. The molecule has 1 saturated heterocycles. The Morgan fingerprint density at radius 1 is 1.40 bits per heavy atom. The molecule has 0 saturated carbocycles. The third-order valence-electron chi connectivity index (χ3n) is 4.09. The van der Waals surface area contributed by atoms with Gasteiger partial charge in [-0.25, -0.2) is 9.97 Å². The number of carbonyl (C=O) groups is 1. The van der Waals surface area contributed by atoms with Crippen LogP contribution in [-0.4, -0.2) is 60.5 Å². The number of hydrogen-bond acceptors (Lipinski definition) is 5. The normalized spacial score (nSPS) is 21.7. The van der Waals surface area contributed by atoms with E-state index in [0.717, 1.165) is 43.9 Å². The van der Waals surface area contributed by atoms with Crippen LogP contribution in [0.1, 0.15) is 17.7 Å². The second-order valence-electron chi connectivity index (χ2n) is 5.62. The molecule has 6 heteroatoms. The lowest BCUT2D eigenvalue weighted by Gasteiger charge is -2.38. The van der Waals surface area contributed by atoms with Crippen LogP contribution in [-0.2, 0) is 17.6 Å². The van der Waals surface area contributed by atoms with E-state index in [4.69, 9.17) is 0 Å². The first-order valence-electron chi connectivity index (χ1n) is 7.19. The average Bonchev–Trinajstić information content (AvgIpc) is 2.94. The van der Waals surface area contributed by atoms with Gasteiger partial charge in [0.05, 0.1) is 0 Å². The number of rotatable bonds is 2. The van der Waals surface area contributed by atoms with Crippen molar-refractivity contribution in [3.05, 3.63) is 17.6 Å². The fraction of sp³-hybridized carbons (Fsp3) is 0.643. The van der Waals surface area contributed by atoms with Crippen molar-refractivity contribution in [1.29, 1.82) is 0 Å². The maximum atomic E-state index is 12.4. The summed E-state index contributed by atoms with van der Waals surface area (Å²) in [6.07, 6.45) is 4.83. The first kappa shape index (κ1) is 13.3. The van der Waals surface area contributed by atoms with E-state index in [-0.39, 0.29) is 11.9 Å². The number of hydrogen-bond donors (Lipinski definition) is 1. The summed E-state index contributed by atoms with van der Waals surface area (Å²) in [5.41, 5.74) is 2.40. The lowest BCUT2D eigenvalue weighted by molar-refractivity contribution is -0.130. The van der Waals surface area contributed by atoms with Crippen molar-refractivity contribution in [1.82, 2.24) is 20.2 Å². The van der Waals surface area contributed by atoms with Crippen molar-refractivity contribution in [3.63, 3.8) is 0 Å². The number of piperazine rings is 1. The minimum Gasteiger partial charge on any atom is -0.347 e. The number of nitrogens with zero attached hydrogens (tertiary/aromatic N) is 4. The van der Waals surface area contributed by atoms with Crippen LogP contribution < -0.4 is 10.2 Å². The lowest BCUT2D eigenvalue weighted by Crippen LogP contribution is -2.58. The molecule has 1 atom stereocenters. The Morgan fingerprint density at radius 3 is 3.05 bits per heavy atom. The van der Waals surface area contributed by atoms with Gasteiger partial charge in [-0.2, -0.15) is 0 Å². The van der Waals surface area contributed by atoms with E-state index in [0.29, 0.717) is 6.54 Å². The molecule has 1 aromatic heterocycles. The van der Waals surface area contributed by atoms with Crippen LogP contribution in [0.15, 0.2) is 6.33 Å². The molecule has 1 N–H and O–H groups in total. The highest BCUT2D eigenvalue weighted by Gasteiger charge is 2.33. The van der Waals surface area contributed by atoms with E-state index < -0.39 is 0 Å². The van der Waals surface area contributed by atoms with Gasteiger partial charge in [0.2, 0.25) is 5.91 Å². The van der Waals surface area contributed by atoms with Crippen LogP contribution in [0.4, 0.5) is 5.82 Å². The van der Waals surface area contributed by atoms with Gasteiger partial charge >= 0.3 is 0 Å². The maximum absolute atomic E-state index is 12.4. The van der Waals surface area contributed by atoms with Gasteiger partial charge in [-0.05, 0) is 19.3 Å². The smallest absolute Gasteiger partial charge is 0.246 e. The monoisotopic (exact) mass is 275 g/mol. The maximum Gasteiger partial charge on any atom is 0.246 e. The molecule has 2 aliphatic rings. The first-order valence-corrected chi connectivity index (χ1v) is 7.19. The van der Waals surface area contributed by atoms with Crippen molar-refractivity contribution in [2.24, 2.45) is 0 Å². The van der Waals surface area contributed by atoms with Crippen molar-refractivity contribution in [2.45, 2.75) is 25.3 Å². The van der Waals surface area contributed by atoms with Gasteiger partial charge < -0.3 is 15.1 Å². The highest BCUT2D eigenvalue weighted by Crippen LogP contribution is 2.29. The predicted molar refractivity (Wildman–Crippen MR) is 76.8 cm³/mol. The summed E-state index contributed by atoms with van der Waals surface area (Å²) in [5.74, 6) is 1.09. The Labute approximate surface area is 119 Å². The third kappa shape index (κ3) is 2.24. The first-order chi connectivity index (χ1) is 9.68. The Balaban J connectivity index is 1.94. The molecule has 1 aliphatic carbocycles. The quantitative estimate of drug-likeness (QED) is 0.812. The standard InChI is InChI=1S/C14H21N5O/c1-18(2)14(20)12-8-15-6-7-19(12)13-10-4-3-5-11(10)16-9-17-13/h9,12,15H,3-8H2,1-2H3. The van der Waals surface area contributed by atoms with E-state index in [9.17, 15) is 4.79 Å². The van der Waals surface area contributed by atoms with Crippen LogP contribution in [0.25, 0.3) is 0 Å². The second kappa shape index (κ2) is 5.36. The summed E-state index contributed by atoms with van der Waals surface area (Å²) in [7, 11) is 3.61. The van der Waals surface area contributed by atoms with Gasteiger partial charge in [0.15, 0.2) is 0 Å². The molecule has 6 nitrogen and oxygen atoms in total. The summed E-state index contributed by atoms with van der Waals surface area (Å²) in [4.78, 5) is 25.1. The van der Waals surface area contributed by atoms with E-state index in [2.05, 4.69) is 20.2 Å². The Bertz CT molecular complexity index is 516. The van der Waals surface area contributed by atoms with Gasteiger partial charge in [-0.3, -0.25) is 4.79 Å². The van der Waals surface area contributed by atoms with Crippen molar-refractivity contribution in [3.8, 4) is 0 Å². The molecular formula is C14H21N5O. The highest BCUT2D eigenvalue weighted by atomic mass is 16.2. The summed E-state index contributed by atoms with van der Waals surface area (Å²) in [6.45, 7) is 2.37. The predicted octanol–water partition coefficient (Wildman–Crippen LogP) is -0.168. The minimum atomic E-state index is -0.168. The Hall–Kier alpha value is -1.69. The van der Waals surface area contributed by atoms with E-state index >= 15 is 0 Å². The number of aromatic nitrogens is 2. The number of likely N-dealkylation sites (N-methyl/N-ethyl adjacent to an activating group) is 1. The number of nitrogens with one attached hydrogen (secondary N) is 1. The third-order valence-corrected chi connectivity index (χ3v) is 4.09.